The second-order valence-electron chi connectivity index (χ2n) is 4.60. The molecule has 17 heavy (non-hydrogen) atoms. The van der Waals surface area contributed by atoms with Gasteiger partial charge in [0.05, 0.1) is 4.92 Å². The Morgan fingerprint density at radius 2 is 2.18 bits per heavy atom. The molecule has 2 N–H and O–H groups in total. The van der Waals surface area contributed by atoms with E-state index in [2.05, 4.69) is 5.32 Å². The SMILES string of the molecule is CC(C)(CO)CNc1ccc(Cl)c([N+](=O)[O-])c1. The van der Waals surface area contributed by atoms with Crippen LogP contribution in [0.15, 0.2) is 18.2 Å². The van der Waals surface area contributed by atoms with Gasteiger partial charge in [-0.25, -0.2) is 0 Å². The molecule has 0 aromatic heterocycles. The van der Waals surface area contributed by atoms with Crippen LogP contribution >= 0.6 is 11.6 Å². The predicted molar refractivity (Wildman–Crippen MR) is 67.5 cm³/mol. The zero-order valence-corrected chi connectivity index (χ0v) is 10.5. The number of nitro benzene ring substituents is 1. The highest BCUT2D eigenvalue weighted by Crippen LogP contribution is 2.28. The minimum absolute atomic E-state index is 0.0374. The van der Waals surface area contributed by atoms with Crippen LogP contribution in [-0.2, 0) is 0 Å². The molecule has 0 aliphatic heterocycles. The summed E-state index contributed by atoms with van der Waals surface area (Å²) in [5, 5.41) is 22.9. The van der Waals surface area contributed by atoms with Gasteiger partial charge in [-0.05, 0) is 12.1 Å². The Balaban J connectivity index is 2.80. The summed E-state index contributed by atoms with van der Waals surface area (Å²) in [6.07, 6.45) is 0. The van der Waals surface area contributed by atoms with Crippen LogP contribution in [0.2, 0.25) is 5.02 Å². The first-order valence-corrected chi connectivity index (χ1v) is 5.52. The van der Waals surface area contributed by atoms with E-state index in [4.69, 9.17) is 16.7 Å². The summed E-state index contributed by atoms with van der Waals surface area (Å²) >= 11 is 5.70. The summed E-state index contributed by atoms with van der Waals surface area (Å²) in [5.74, 6) is 0. The molecule has 1 aromatic carbocycles. The largest absolute Gasteiger partial charge is 0.396 e. The molecule has 1 rings (SSSR count). The Kier molecular flexibility index (Phi) is 4.31. The van der Waals surface area contributed by atoms with E-state index >= 15 is 0 Å². The van der Waals surface area contributed by atoms with Gasteiger partial charge < -0.3 is 10.4 Å². The minimum Gasteiger partial charge on any atom is -0.396 e. The lowest BCUT2D eigenvalue weighted by molar-refractivity contribution is -0.384. The smallest absolute Gasteiger partial charge is 0.289 e. The van der Waals surface area contributed by atoms with E-state index in [-0.39, 0.29) is 22.7 Å². The van der Waals surface area contributed by atoms with Gasteiger partial charge in [-0.1, -0.05) is 25.4 Å². The third-order valence-electron chi connectivity index (χ3n) is 2.34. The molecule has 5 nitrogen and oxygen atoms in total. The molecule has 0 spiro atoms. The quantitative estimate of drug-likeness (QED) is 0.629. The van der Waals surface area contributed by atoms with Gasteiger partial charge in [-0.3, -0.25) is 10.1 Å². The molecule has 0 fully saturated rings. The normalized spacial score (nSPS) is 11.3. The monoisotopic (exact) mass is 258 g/mol. The van der Waals surface area contributed by atoms with Crippen molar-refractivity contribution in [1.82, 2.24) is 0 Å². The number of halogens is 1. The third kappa shape index (κ3) is 3.87. The molecule has 0 amide bonds. The van der Waals surface area contributed by atoms with Crippen molar-refractivity contribution in [2.45, 2.75) is 13.8 Å². The van der Waals surface area contributed by atoms with Crippen molar-refractivity contribution in [3.05, 3.63) is 33.3 Å². The van der Waals surface area contributed by atoms with Crippen LogP contribution in [0.4, 0.5) is 11.4 Å². The van der Waals surface area contributed by atoms with Gasteiger partial charge >= 0.3 is 0 Å². The molecule has 0 unspecified atom stereocenters. The molecule has 6 heteroatoms. The van der Waals surface area contributed by atoms with Crippen LogP contribution in [0.5, 0.6) is 0 Å². The summed E-state index contributed by atoms with van der Waals surface area (Å²) in [6, 6.07) is 4.53. The summed E-state index contributed by atoms with van der Waals surface area (Å²) in [7, 11) is 0. The fourth-order valence-electron chi connectivity index (χ4n) is 1.16. The number of aliphatic hydroxyl groups is 1. The van der Waals surface area contributed by atoms with Crippen LogP contribution in [0.3, 0.4) is 0 Å². The van der Waals surface area contributed by atoms with E-state index in [1.807, 2.05) is 13.8 Å². The fraction of sp³-hybridized carbons (Fsp3) is 0.455. The Bertz CT molecular complexity index is 421. The van der Waals surface area contributed by atoms with Gasteiger partial charge in [-0.15, -0.1) is 0 Å². The summed E-state index contributed by atoms with van der Waals surface area (Å²) in [6.45, 7) is 4.34. The number of rotatable bonds is 5. The highest BCUT2D eigenvalue weighted by molar-refractivity contribution is 6.32. The van der Waals surface area contributed by atoms with Crippen molar-refractivity contribution < 1.29 is 10.0 Å². The first-order chi connectivity index (χ1) is 7.85. The molecular formula is C11H15ClN2O3. The van der Waals surface area contributed by atoms with Gasteiger partial charge in [0.25, 0.3) is 5.69 Å². The topological polar surface area (TPSA) is 75.4 Å². The average Bonchev–Trinajstić information content (AvgIpc) is 2.27. The van der Waals surface area contributed by atoms with E-state index in [9.17, 15) is 10.1 Å². The zero-order chi connectivity index (χ0) is 13.1. The van der Waals surface area contributed by atoms with Crippen LogP contribution in [0, 0.1) is 15.5 Å². The second-order valence-corrected chi connectivity index (χ2v) is 5.01. The highest BCUT2D eigenvalue weighted by atomic mass is 35.5. The lowest BCUT2D eigenvalue weighted by atomic mass is 9.95. The zero-order valence-electron chi connectivity index (χ0n) is 9.74. The number of nitro groups is 1. The molecule has 0 saturated carbocycles. The van der Waals surface area contributed by atoms with E-state index in [0.717, 1.165) is 0 Å². The number of anilines is 1. The Hall–Kier alpha value is -1.33. The van der Waals surface area contributed by atoms with E-state index < -0.39 is 4.92 Å². The number of benzene rings is 1. The van der Waals surface area contributed by atoms with Crippen LogP contribution in [0.25, 0.3) is 0 Å². The molecule has 0 aliphatic carbocycles. The van der Waals surface area contributed by atoms with Crippen molar-refractivity contribution in [2.24, 2.45) is 5.41 Å². The molecular weight excluding hydrogens is 244 g/mol. The number of hydrogen-bond acceptors (Lipinski definition) is 4. The van der Waals surface area contributed by atoms with Crippen LogP contribution < -0.4 is 5.32 Å². The summed E-state index contributed by atoms with van der Waals surface area (Å²) in [5.41, 5.74) is 0.204. The molecule has 0 saturated heterocycles. The standard InChI is InChI=1S/C11H15ClN2O3/c1-11(2,7-15)6-13-8-3-4-9(12)10(5-8)14(16)17/h3-5,13,15H,6-7H2,1-2H3. The maximum atomic E-state index is 10.7. The van der Waals surface area contributed by atoms with Crippen molar-refractivity contribution >= 4 is 23.0 Å². The molecule has 1 aromatic rings. The van der Waals surface area contributed by atoms with Crippen molar-refractivity contribution in [3.8, 4) is 0 Å². The number of hydrogen-bond donors (Lipinski definition) is 2. The Morgan fingerprint density at radius 3 is 2.71 bits per heavy atom. The maximum Gasteiger partial charge on any atom is 0.289 e. The predicted octanol–water partition coefficient (Wildman–Crippen LogP) is 2.68. The van der Waals surface area contributed by atoms with Gasteiger partial charge in [0.1, 0.15) is 5.02 Å². The molecule has 94 valence electrons. The lowest BCUT2D eigenvalue weighted by Gasteiger charge is -2.22. The molecule has 0 heterocycles. The van der Waals surface area contributed by atoms with Crippen molar-refractivity contribution in [2.75, 3.05) is 18.5 Å². The van der Waals surface area contributed by atoms with Crippen LogP contribution in [-0.4, -0.2) is 23.2 Å². The van der Waals surface area contributed by atoms with Gasteiger partial charge in [0.2, 0.25) is 0 Å². The average molecular weight is 259 g/mol. The van der Waals surface area contributed by atoms with E-state index in [0.29, 0.717) is 12.2 Å². The minimum atomic E-state index is -0.523. The number of nitrogens with zero attached hydrogens (tertiary/aromatic N) is 1. The number of aliphatic hydroxyl groups excluding tert-OH is 1. The Labute approximate surface area is 105 Å². The molecule has 0 bridgehead atoms. The molecule has 0 radical (unpaired) electrons. The van der Waals surface area contributed by atoms with Crippen LogP contribution in [0.1, 0.15) is 13.8 Å². The third-order valence-corrected chi connectivity index (χ3v) is 2.66. The Morgan fingerprint density at radius 1 is 1.53 bits per heavy atom. The van der Waals surface area contributed by atoms with Gasteiger partial charge in [-0.2, -0.15) is 0 Å². The lowest BCUT2D eigenvalue weighted by Crippen LogP contribution is -2.26. The number of nitrogens with one attached hydrogen (secondary N) is 1. The second kappa shape index (κ2) is 5.33. The summed E-state index contributed by atoms with van der Waals surface area (Å²) < 4.78 is 0. The first kappa shape index (κ1) is 13.7. The summed E-state index contributed by atoms with van der Waals surface area (Å²) in [4.78, 5) is 10.2. The van der Waals surface area contributed by atoms with Gasteiger partial charge in [0, 0.05) is 30.3 Å². The fourth-order valence-corrected chi connectivity index (χ4v) is 1.35. The first-order valence-electron chi connectivity index (χ1n) is 5.14. The van der Waals surface area contributed by atoms with E-state index in [1.165, 1.54) is 12.1 Å². The maximum absolute atomic E-state index is 10.7. The molecule has 0 atom stereocenters. The highest BCUT2D eigenvalue weighted by Gasteiger charge is 2.17. The van der Waals surface area contributed by atoms with Crippen molar-refractivity contribution in [3.63, 3.8) is 0 Å². The van der Waals surface area contributed by atoms with Crippen molar-refractivity contribution in [1.29, 1.82) is 0 Å². The molecule has 0 aliphatic rings. The van der Waals surface area contributed by atoms with Gasteiger partial charge in [0.15, 0.2) is 0 Å². The van der Waals surface area contributed by atoms with E-state index in [1.54, 1.807) is 6.07 Å².